The number of hydrogen-bond donors (Lipinski definition) is 0. The molecular formula is C21H16O2. The largest absolute Gasteiger partial charge is 0.427 e. The molecule has 0 atom stereocenters. The Balaban J connectivity index is 1.63. The van der Waals surface area contributed by atoms with Crippen molar-refractivity contribution in [1.82, 2.24) is 0 Å². The first-order chi connectivity index (χ1) is 11.3. The Hall–Kier alpha value is -2.87. The summed E-state index contributed by atoms with van der Waals surface area (Å²) in [5, 5.41) is 0. The number of ether oxygens (including phenoxy) is 1. The minimum atomic E-state index is -0.201. The third-order valence-electron chi connectivity index (χ3n) is 4.31. The summed E-state index contributed by atoms with van der Waals surface area (Å²) in [6.45, 7) is 0. The molecule has 0 amide bonds. The number of carbonyl (C=O) groups excluding carboxylic acids is 1. The van der Waals surface area contributed by atoms with Crippen LogP contribution in [0.3, 0.4) is 0 Å². The van der Waals surface area contributed by atoms with Crippen LogP contribution in [0.25, 0.3) is 11.1 Å². The Morgan fingerprint density at radius 3 is 1.87 bits per heavy atom. The lowest BCUT2D eigenvalue weighted by Gasteiger charge is -2.13. The van der Waals surface area contributed by atoms with E-state index in [2.05, 4.69) is 24.3 Å². The van der Waals surface area contributed by atoms with E-state index in [0.717, 1.165) is 0 Å². The van der Waals surface area contributed by atoms with Crippen molar-refractivity contribution in [3.05, 3.63) is 90.0 Å². The van der Waals surface area contributed by atoms with Crippen LogP contribution < -0.4 is 4.74 Å². The fourth-order valence-electron chi connectivity index (χ4n) is 3.31. The number of rotatable bonds is 3. The zero-order chi connectivity index (χ0) is 15.6. The van der Waals surface area contributed by atoms with Crippen LogP contribution in [0.4, 0.5) is 0 Å². The van der Waals surface area contributed by atoms with E-state index < -0.39 is 0 Å². The lowest BCUT2D eigenvalue weighted by molar-refractivity contribution is -0.134. The fourth-order valence-corrected chi connectivity index (χ4v) is 3.31. The van der Waals surface area contributed by atoms with Crippen molar-refractivity contribution in [2.45, 2.75) is 12.3 Å². The summed E-state index contributed by atoms with van der Waals surface area (Å²) in [4.78, 5) is 12.4. The van der Waals surface area contributed by atoms with Crippen LogP contribution in [0, 0.1) is 0 Å². The van der Waals surface area contributed by atoms with Gasteiger partial charge in [0.1, 0.15) is 5.75 Å². The van der Waals surface area contributed by atoms with Crippen LogP contribution in [0.5, 0.6) is 5.75 Å². The van der Waals surface area contributed by atoms with Crippen molar-refractivity contribution < 1.29 is 9.53 Å². The predicted molar refractivity (Wildman–Crippen MR) is 90.4 cm³/mol. The number of carbonyl (C=O) groups is 1. The Bertz CT molecular complexity index is 807. The Morgan fingerprint density at radius 1 is 0.739 bits per heavy atom. The van der Waals surface area contributed by atoms with Gasteiger partial charge in [0, 0.05) is 5.92 Å². The summed E-state index contributed by atoms with van der Waals surface area (Å²) in [5.41, 5.74) is 4.86. The summed E-state index contributed by atoms with van der Waals surface area (Å²) >= 11 is 0. The van der Waals surface area contributed by atoms with Gasteiger partial charge in [-0.15, -0.1) is 0 Å². The van der Waals surface area contributed by atoms with Gasteiger partial charge in [0.25, 0.3) is 0 Å². The number of benzene rings is 3. The second kappa shape index (κ2) is 5.73. The highest BCUT2D eigenvalue weighted by Crippen LogP contribution is 2.46. The molecule has 1 aliphatic rings. The third kappa shape index (κ3) is 2.53. The Labute approximate surface area is 135 Å². The van der Waals surface area contributed by atoms with Gasteiger partial charge >= 0.3 is 5.97 Å². The summed E-state index contributed by atoms with van der Waals surface area (Å²) < 4.78 is 5.47. The van der Waals surface area contributed by atoms with E-state index >= 15 is 0 Å². The number of hydrogen-bond acceptors (Lipinski definition) is 2. The highest BCUT2D eigenvalue weighted by Gasteiger charge is 2.30. The summed E-state index contributed by atoms with van der Waals surface area (Å²) in [5.74, 6) is 0.461. The van der Waals surface area contributed by atoms with E-state index in [1.807, 2.05) is 42.5 Å². The number of para-hydroxylation sites is 1. The molecule has 0 aliphatic heterocycles. The first-order valence-electron chi connectivity index (χ1n) is 7.77. The molecule has 3 aromatic carbocycles. The van der Waals surface area contributed by atoms with Gasteiger partial charge < -0.3 is 4.74 Å². The van der Waals surface area contributed by atoms with Crippen molar-refractivity contribution in [3.8, 4) is 16.9 Å². The predicted octanol–water partition coefficient (Wildman–Crippen LogP) is 4.79. The molecule has 1 aliphatic carbocycles. The smallest absolute Gasteiger partial charge is 0.312 e. The second-order valence-electron chi connectivity index (χ2n) is 5.72. The van der Waals surface area contributed by atoms with Crippen LogP contribution in [-0.4, -0.2) is 5.97 Å². The minimum absolute atomic E-state index is 0.0682. The lowest BCUT2D eigenvalue weighted by Crippen LogP contribution is -2.12. The minimum Gasteiger partial charge on any atom is -0.427 e. The van der Waals surface area contributed by atoms with Crippen molar-refractivity contribution in [3.63, 3.8) is 0 Å². The van der Waals surface area contributed by atoms with Gasteiger partial charge in [-0.25, -0.2) is 0 Å². The molecule has 0 saturated heterocycles. The maximum Gasteiger partial charge on any atom is 0.312 e. The molecule has 0 spiro atoms. The van der Waals surface area contributed by atoms with Gasteiger partial charge in [-0.2, -0.15) is 0 Å². The van der Waals surface area contributed by atoms with E-state index in [9.17, 15) is 4.79 Å². The van der Waals surface area contributed by atoms with Crippen LogP contribution >= 0.6 is 0 Å². The average molecular weight is 300 g/mol. The molecule has 0 bridgehead atoms. The monoisotopic (exact) mass is 300 g/mol. The lowest BCUT2D eigenvalue weighted by atomic mass is 9.94. The van der Waals surface area contributed by atoms with Gasteiger partial charge in [0.2, 0.25) is 0 Å². The maximum absolute atomic E-state index is 12.4. The van der Waals surface area contributed by atoms with Gasteiger partial charge in [-0.3, -0.25) is 4.79 Å². The van der Waals surface area contributed by atoms with Crippen LogP contribution in [-0.2, 0) is 4.79 Å². The first-order valence-corrected chi connectivity index (χ1v) is 7.77. The zero-order valence-corrected chi connectivity index (χ0v) is 12.6. The highest BCUT2D eigenvalue weighted by molar-refractivity contribution is 5.82. The Kier molecular flexibility index (Phi) is 3.43. The fraction of sp³-hybridized carbons (Fsp3) is 0.0952. The van der Waals surface area contributed by atoms with Crippen molar-refractivity contribution in [2.24, 2.45) is 0 Å². The molecule has 4 rings (SSSR count). The molecule has 0 unspecified atom stereocenters. The van der Waals surface area contributed by atoms with E-state index in [-0.39, 0.29) is 11.9 Å². The number of esters is 1. The second-order valence-corrected chi connectivity index (χ2v) is 5.72. The normalized spacial score (nSPS) is 12.5. The molecule has 0 N–H and O–H groups in total. The summed E-state index contributed by atoms with van der Waals surface area (Å²) in [7, 11) is 0. The van der Waals surface area contributed by atoms with Gasteiger partial charge in [0.05, 0.1) is 6.42 Å². The first kappa shape index (κ1) is 13.8. The SMILES string of the molecule is O=C(CC1c2ccccc2-c2ccccc21)Oc1ccccc1. The molecule has 0 saturated carbocycles. The molecule has 2 nitrogen and oxygen atoms in total. The number of fused-ring (bicyclic) bond motifs is 3. The molecule has 23 heavy (non-hydrogen) atoms. The van der Waals surface area contributed by atoms with E-state index in [0.29, 0.717) is 12.2 Å². The Morgan fingerprint density at radius 2 is 1.26 bits per heavy atom. The van der Waals surface area contributed by atoms with Crippen LogP contribution in [0.1, 0.15) is 23.5 Å². The molecule has 0 heterocycles. The zero-order valence-electron chi connectivity index (χ0n) is 12.6. The molecule has 112 valence electrons. The van der Waals surface area contributed by atoms with Crippen molar-refractivity contribution in [2.75, 3.05) is 0 Å². The van der Waals surface area contributed by atoms with Gasteiger partial charge in [-0.05, 0) is 34.4 Å². The third-order valence-corrected chi connectivity index (χ3v) is 4.31. The molecular weight excluding hydrogens is 284 g/mol. The summed E-state index contributed by atoms with van der Waals surface area (Å²) in [6.07, 6.45) is 0.350. The molecule has 0 fully saturated rings. The van der Waals surface area contributed by atoms with E-state index in [4.69, 9.17) is 4.74 Å². The van der Waals surface area contributed by atoms with Crippen LogP contribution in [0.15, 0.2) is 78.9 Å². The van der Waals surface area contributed by atoms with Crippen molar-refractivity contribution >= 4 is 5.97 Å². The summed E-state index contributed by atoms with van der Waals surface area (Å²) in [6, 6.07) is 25.8. The van der Waals surface area contributed by atoms with E-state index in [1.54, 1.807) is 12.1 Å². The quantitative estimate of drug-likeness (QED) is 0.513. The molecule has 2 heteroatoms. The molecule has 0 aromatic heterocycles. The highest BCUT2D eigenvalue weighted by atomic mass is 16.5. The molecule has 3 aromatic rings. The van der Waals surface area contributed by atoms with Gasteiger partial charge in [-0.1, -0.05) is 66.7 Å². The molecule has 0 radical (unpaired) electrons. The van der Waals surface area contributed by atoms with Crippen molar-refractivity contribution in [1.29, 1.82) is 0 Å². The maximum atomic E-state index is 12.4. The topological polar surface area (TPSA) is 26.3 Å². The van der Waals surface area contributed by atoms with Gasteiger partial charge in [0.15, 0.2) is 0 Å². The van der Waals surface area contributed by atoms with E-state index in [1.165, 1.54) is 22.3 Å². The average Bonchev–Trinajstić information content (AvgIpc) is 2.90. The standard InChI is InChI=1S/C21H16O2/c22-21(23-15-8-2-1-3-9-15)14-20-18-12-6-4-10-16(18)17-11-5-7-13-19(17)20/h1-13,20H,14H2. The van der Waals surface area contributed by atoms with Crippen LogP contribution in [0.2, 0.25) is 0 Å².